The molecule has 1 heterocycles. The summed E-state index contributed by atoms with van der Waals surface area (Å²) >= 11 is 6.00. The van der Waals surface area contributed by atoms with E-state index in [1.807, 2.05) is 11.8 Å². The van der Waals surface area contributed by atoms with E-state index < -0.39 is 0 Å². The minimum Gasteiger partial charge on any atom is -0.326 e. The number of nitrogens with zero attached hydrogens (tertiary/aromatic N) is 2. The van der Waals surface area contributed by atoms with Gasteiger partial charge in [-0.15, -0.1) is 0 Å². The average molecular weight is 428 g/mol. The first kappa shape index (κ1) is 21.5. The zero-order chi connectivity index (χ0) is 21.7. The number of rotatable bonds is 7. The molecule has 0 saturated carbocycles. The number of H-pyrrole nitrogens is 1. The number of hydrogen-bond acceptors (Lipinski definition) is 5. The second-order valence-corrected chi connectivity index (χ2v) is 7.22. The van der Waals surface area contributed by atoms with Crippen molar-refractivity contribution in [3.8, 4) is 0 Å². The number of nitrogens with one attached hydrogen (secondary N) is 3. The first-order chi connectivity index (χ1) is 14.3. The summed E-state index contributed by atoms with van der Waals surface area (Å²) in [7, 11) is 0. The summed E-state index contributed by atoms with van der Waals surface area (Å²) in [4.78, 5) is 44.9. The molecule has 0 atom stereocenters. The Hall–Kier alpha value is -3.23. The quantitative estimate of drug-likeness (QED) is 0.537. The highest BCUT2D eigenvalue weighted by Crippen LogP contribution is 2.15. The summed E-state index contributed by atoms with van der Waals surface area (Å²) in [5, 5.41) is 6.46. The number of halogens is 1. The molecule has 3 rings (SSSR count). The molecule has 0 unspecified atom stereocenters. The van der Waals surface area contributed by atoms with E-state index in [0.29, 0.717) is 46.2 Å². The maximum absolute atomic E-state index is 12.4. The van der Waals surface area contributed by atoms with Crippen LogP contribution in [0.15, 0.2) is 47.3 Å². The van der Waals surface area contributed by atoms with E-state index in [0.717, 1.165) is 0 Å². The largest absolute Gasteiger partial charge is 0.326 e. The number of likely N-dealkylation sites (N-methyl/N-ethyl adjacent to an activating group) is 1. The molecule has 0 aliphatic heterocycles. The summed E-state index contributed by atoms with van der Waals surface area (Å²) in [6, 6.07) is 11.8. The van der Waals surface area contributed by atoms with Crippen LogP contribution in [0.4, 0.5) is 11.4 Å². The van der Waals surface area contributed by atoms with E-state index in [9.17, 15) is 14.4 Å². The van der Waals surface area contributed by atoms with Gasteiger partial charge in [-0.25, -0.2) is 4.98 Å². The summed E-state index contributed by atoms with van der Waals surface area (Å²) < 4.78 is 0. The van der Waals surface area contributed by atoms with Gasteiger partial charge in [-0.3, -0.25) is 19.3 Å². The number of benzene rings is 2. The fourth-order valence-electron chi connectivity index (χ4n) is 2.97. The van der Waals surface area contributed by atoms with Crippen molar-refractivity contribution < 1.29 is 9.59 Å². The zero-order valence-corrected chi connectivity index (χ0v) is 17.4. The van der Waals surface area contributed by atoms with Gasteiger partial charge >= 0.3 is 0 Å². The van der Waals surface area contributed by atoms with Crippen LogP contribution in [0.2, 0.25) is 5.02 Å². The minimum atomic E-state index is -0.244. The third kappa shape index (κ3) is 5.65. The van der Waals surface area contributed by atoms with E-state index in [1.165, 1.54) is 6.92 Å². The second kappa shape index (κ2) is 9.51. The molecule has 2 aromatic carbocycles. The van der Waals surface area contributed by atoms with Crippen molar-refractivity contribution in [1.29, 1.82) is 0 Å². The lowest BCUT2D eigenvalue weighted by Crippen LogP contribution is -2.33. The first-order valence-corrected chi connectivity index (χ1v) is 9.80. The molecule has 0 radical (unpaired) electrons. The Kier molecular flexibility index (Phi) is 6.81. The van der Waals surface area contributed by atoms with Gasteiger partial charge in [-0.2, -0.15) is 0 Å². The molecule has 3 N–H and O–H groups in total. The van der Waals surface area contributed by atoms with Crippen molar-refractivity contribution in [2.24, 2.45) is 0 Å². The van der Waals surface area contributed by atoms with E-state index in [4.69, 9.17) is 11.6 Å². The molecule has 3 aromatic rings. The molecular weight excluding hydrogens is 406 g/mol. The number of anilines is 2. The van der Waals surface area contributed by atoms with Gasteiger partial charge in [-0.05, 0) is 49.0 Å². The molecule has 0 saturated heterocycles. The third-order valence-corrected chi connectivity index (χ3v) is 4.63. The van der Waals surface area contributed by atoms with E-state index in [1.54, 1.807) is 42.5 Å². The highest BCUT2D eigenvalue weighted by Gasteiger charge is 2.13. The molecule has 8 nitrogen and oxygen atoms in total. The van der Waals surface area contributed by atoms with Crippen molar-refractivity contribution in [2.45, 2.75) is 20.4 Å². The van der Waals surface area contributed by atoms with Gasteiger partial charge in [-0.1, -0.05) is 18.5 Å². The Morgan fingerprint density at radius 3 is 2.40 bits per heavy atom. The standard InChI is InChI=1S/C21H22ClN5O3/c1-3-27(11-19-25-18-10-14(22)4-9-17(18)21(30)26-19)12-20(29)24-16-7-5-15(6-8-16)23-13(2)28/h4-10H,3,11-12H2,1-2H3,(H,23,28)(H,24,29)(H,25,26,30). The molecule has 0 aliphatic rings. The van der Waals surface area contributed by atoms with Crippen molar-refractivity contribution in [3.63, 3.8) is 0 Å². The third-order valence-electron chi connectivity index (χ3n) is 4.39. The number of aromatic nitrogens is 2. The van der Waals surface area contributed by atoms with Crippen molar-refractivity contribution in [2.75, 3.05) is 23.7 Å². The topological polar surface area (TPSA) is 107 Å². The predicted molar refractivity (Wildman–Crippen MR) is 118 cm³/mol. The summed E-state index contributed by atoms with van der Waals surface area (Å²) in [5.41, 5.74) is 1.55. The monoisotopic (exact) mass is 427 g/mol. The van der Waals surface area contributed by atoms with Crippen LogP contribution in [0.1, 0.15) is 19.7 Å². The van der Waals surface area contributed by atoms with Crippen LogP contribution in [0.3, 0.4) is 0 Å². The number of carbonyl (C=O) groups is 2. The molecule has 30 heavy (non-hydrogen) atoms. The lowest BCUT2D eigenvalue weighted by molar-refractivity contribution is -0.117. The van der Waals surface area contributed by atoms with Crippen molar-refractivity contribution in [1.82, 2.24) is 14.9 Å². The number of amides is 2. The van der Waals surface area contributed by atoms with Crippen LogP contribution in [0.25, 0.3) is 10.9 Å². The smallest absolute Gasteiger partial charge is 0.258 e. The number of hydrogen-bond donors (Lipinski definition) is 3. The van der Waals surface area contributed by atoms with Gasteiger partial charge in [0, 0.05) is 23.3 Å². The van der Waals surface area contributed by atoms with Crippen LogP contribution in [0.5, 0.6) is 0 Å². The van der Waals surface area contributed by atoms with E-state index >= 15 is 0 Å². The van der Waals surface area contributed by atoms with Gasteiger partial charge in [0.25, 0.3) is 5.56 Å². The molecule has 156 valence electrons. The number of fused-ring (bicyclic) bond motifs is 1. The fraction of sp³-hybridized carbons (Fsp3) is 0.238. The molecule has 2 amide bonds. The van der Waals surface area contributed by atoms with Crippen LogP contribution in [-0.4, -0.2) is 39.8 Å². The van der Waals surface area contributed by atoms with Gasteiger partial charge in [0.15, 0.2) is 0 Å². The molecule has 0 bridgehead atoms. The van der Waals surface area contributed by atoms with E-state index in [2.05, 4.69) is 20.6 Å². The number of carbonyl (C=O) groups excluding carboxylic acids is 2. The zero-order valence-electron chi connectivity index (χ0n) is 16.7. The normalized spacial score (nSPS) is 10.9. The Morgan fingerprint density at radius 2 is 1.77 bits per heavy atom. The number of aromatic amines is 1. The SMILES string of the molecule is CCN(CC(=O)Nc1ccc(NC(C)=O)cc1)Cc1nc2cc(Cl)ccc2c(=O)[nH]1. The van der Waals surface area contributed by atoms with Crippen molar-refractivity contribution >= 4 is 45.7 Å². The maximum atomic E-state index is 12.4. The summed E-state index contributed by atoms with van der Waals surface area (Å²) in [6.45, 7) is 4.38. The molecule has 9 heteroatoms. The fourth-order valence-corrected chi connectivity index (χ4v) is 3.14. The Morgan fingerprint density at radius 1 is 1.10 bits per heavy atom. The molecule has 0 fully saturated rings. The molecule has 1 aromatic heterocycles. The lowest BCUT2D eigenvalue weighted by atomic mass is 10.2. The molecular formula is C21H22ClN5O3. The Bertz CT molecular complexity index is 1130. The lowest BCUT2D eigenvalue weighted by Gasteiger charge is -2.19. The van der Waals surface area contributed by atoms with Gasteiger partial charge in [0.2, 0.25) is 11.8 Å². The predicted octanol–water partition coefficient (Wildman–Crippen LogP) is 3.00. The highest BCUT2D eigenvalue weighted by atomic mass is 35.5. The van der Waals surface area contributed by atoms with Gasteiger partial charge in [0.05, 0.1) is 24.0 Å². The second-order valence-electron chi connectivity index (χ2n) is 6.78. The van der Waals surface area contributed by atoms with E-state index in [-0.39, 0.29) is 23.9 Å². The highest BCUT2D eigenvalue weighted by molar-refractivity contribution is 6.31. The van der Waals surface area contributed by atoms with Crippen LogP contribution < -0.4 is 16.2 Å². The maximum Gasteiger partial charge on any atom is 0.258 e. The summed E-state index contributed by atoms with van der Waals surface area (Å²) in [6.07, 6.45) is 0. The van der Waals surface area contributed by atoms with Gasteiger partial charge in [0.1, 0.15) is 5.82 Å². The molecule has 0 aliphatic carbocycles. The Labute approximate surface area is 178 Å². The average Bonchev–Trinajstić information content (AvgIpc) is 2.68. The van der Waals surface area contributed by atoms with Gasteiger partial charge < -0.3 is 15.6 Å². The minimum absolute atomic E-state index is 0.126. The first-order valence-electron chi connectivity index (χ1n) is 9.42. The Balaban J connectivity index is 1.65. The molecule has 0 spiro atoms. The van der Waals surface area contributed by atoms with Crippen LogP contribution in [0, 0.1) is 0 Å². The van der Waals surface area contributed by atoms with Crippen LogP contribution in [-0.2, 0) is 16.1 Å². The summed E-state index contributed by atoms with van der Waals surface area (Å²) in [5.74, 6) is 0.104. The van der Waals surface area contributed by atoms with Crippen molar-refractivity contribution in [3.05, 3.63) is 63.7 Å². The van der Waals surface area contributed by atoms with Crippen LogP contribution >= 0.6 is 11.6 Å².